The van der Waals surface area contributed by atoms with E-state index < -0.39 is 0 Å². The van der Waals surface area contributed by atoms with Crippen molar-refractivity contribution in [2.24, 2.45) is 11.7 Å². The summed E-state index contributed by atoms with van der Waals surface area (Å²) >= 11 is 0. The Morgan fingerprint density at radius 3 is 2.93 bits per heavy atom. The molecule has 3 atom stereocenters. The van der Waals surface area contributed by atoms with Gasteiger partial charge in [0.2, 0.25) is 0 Å². The zero-order valence-corrected chi connectivity index (χ0v) is 9.02. The maximum Gasteiger partial charge on any atom is 0.139 e. The number of hydrogen-bond donors (Lipinski definition) is 1. The van der Waals surface area contributed by atoms with Crippen LogP contribution in [0.3, 0.4) is 0 Å². The lowest BCUT2D eigenvalue weighted by molar-refractivity contribution is -0.122. The molecule has 84 valence electrons. The number of ether oxygens (including phenoxy) is 1. The van der Waals surface area contributed by atoms with Crippen molar-refractivity contribution in [3.05, 3.63) is 12.2 Å². The van der Waals surface area contributed by atoms with Crippen LogP contribution in [0.1, 0.15) is 32.1 Å². The Hall–Kier alpha value is -0.670. The minimum Gasteiger partial charge on any atom is -0.378 e. The molecule has 3 heteroatoms. The number of carbonyl (C=O) groups is 1. The number of nitrogens with two attached hydrogens (primary N) is 1. The van der Waals surface area contributed by atoms with Crippen molar-refractivity contribution in [1.82, 2.24) is 0 Å². The third-order valence-electron chi connectivity index (χ3n) is 3.27. The number of ketones is 1. The van der Waals surface area contributed by atoms with Gasteiger partial charge in [-0.25, -0.2) is 0 Å². The van der Waals surface area contributed by atoms with Gasteiger partial charge in [0.15, 0.2) is 0 Å². The number of Topliss-reactive ketones (excluding diaryl/α,β-unsaturated/α-hetero) is 1. The summed E-state index contributed by atoms with van der Waals surface area (Å²) in [5, 5.41) is 0. The van der Waals surface area contributed by atoms with E-state index in [4.69, 9.17) is 10.5 Å². The summed E-state index contributed by atoms with van der Waals surface area (Å²) in [6, 6.07) is 0.0849. The highest BCUT2D eigenvalue weighted by Gasteiger charge is 2.24. The molecule has 1 heterocycles. The van der Waals surface area contributed by atoms with Gasteiger partial charge in [0.25, 0.3) is 0 Å². The van der Waals surface area contributed by atoms with Crippen molar-refractivity contribution < 1.29 is 9.53 Å². The Balaban J connectivity index is 1.70. The lowest BCUT2D eigenvalue weighted by Gasteiger charge is -2.11. The Kier molecular flexibility index (Phi) is 3.54. The Morgan fingerprint density at radius 1 is 1.47 bits per heavy atom. The average Bonchev–Trinajstić information content (AvgIpc) is 2.84. The lowest BCUT2D eigenvalue weighted by atomic mass is 9.97. The van der Waals surface area contributed by atoms with Crippen LogP contribution in [0.4, 0.5) is 0 Å². The van der Waals surface area contributed by atoms with Crippen LogP contribution in [0.25, 0.3) is 0 Å². The lowest BCUT2D eigenvalue weighted by Crippen LogP contribution is -2.20. The Labute approximate surface area is 90.7 Å². The van der Waals surface area contributed by atoms with Crippen LogP contribution in [0.5, 0.6) is 0 Å². The van der Waals surface area contributed by atoms with Gasteiger partial charge >= 0.3 is 0 Å². The second kappa shape index (κ2) is 4.90. The highest BCUT2D eigenvalue weighted by Crippen LogP contribution is 2.22. The summed E-state index contributed by atoms with van der Waals surface area (Å²) < 4.78 is 5.49. The molecule has 1 aliphatic heterocycles. The summed E-state index contributed by atoms with van der Waals surface area (Å²) in [6.07, 6.45) is 8.82. The van der Waals surface area contributed by atoms with Gasteiger partial charge in [-0.1, -0.05) is 12.2 Å². The summed E-state index contributed by atoms with van der Waals surface area (Å²) in [5.41, 5.74) is 5.72. The van der Waals surface area contributed by atoms with E-state index in [9.17, 15) is 4.79 Å². The largest absolute Gasteiger partial charge is 0.378 e. The molecule has 2 aliphatic rings. The van der Waals surface area contributed by atoms with Crippen molar-refractivity contribution in [3.8, 4) is 0 Å². The smallest absolute Gasteiger partial charge is 0.139 e. The highest BCUT2D eigenvalue weighted by atomic mass is 16.5. The number of carbonyl (C=O) groups excluding carboxylic acids is 1. The molecule has 0 aromatic carbocycles. The normalized spacial score (nSPS) is 34.9. The molecule has 2 rings (SSSR count). The molecule has 1 aliphatic carbocycles. The van der Waals surface area contributed by atoms with Gasteiger partial charge in [0.05, 0.1) is 6.10 Å². The van der Waals surface area contributed by atoms with Gasteiger partial charge in [-0.2, -0.15) is 0 Å². The van der Waals surface area contributed by atoms with E-state index in [1.807, 2.05) is 12.2 Å². The van der Waals surface area contributed by atoms with E-state index >= 15 is 0 Å². The maximum atomic E-state index is 11.8. The molecule has 15 heavy (non-hydrogen) atoms. The fourth-order valence-electron chi connectivity index (χ4n) is 2.33. The van der Waals surface area contributed by atoms with E-state index in [-0.39, 0.29) is 12.0 Å². The van der Waals surface area contributed by atoms with E-state index in [0.29, 0.717) is 18.3 Å². The summed E-state index contributed by atoms with van der Waals surface area (Å²) in [7, 11) is 0. The van der Waals surface area contributed by atoms with Crippen molar-refractivity contribution >= 4 is 5.78 Å². The first-order chi connectivity index (χ1) is 7.25. The molecule has 0 spiro atoms. The highest BCUT2D eigenvalue weighted by molar-refractivity contribution is 5.83. The van der Waals surface area contributed by atoms with Gasteiger partial charge in [-0.05, 0) is 25.7 Å². The van der Waals surface area contributed by atoms with Gasteiger partial charge in [-0.3, -0.25) is 4.79 Å². The van der Waals surface area contributed by atoms with E-state index in [2.05, 4.69) is 0 Å². The van der Waals surface area contributed by atoms with Crippen LogP contribution in [0.2, 0.25) is 0 Å². The van der Waals surface area contributed by atoms with Crippen LogP contribution in [-0.2, 0) is 9.53 Å². The molecule has 1 saturated heterocycles. The third-order valence-corrected chi connectivity index (χ3v) is 3.27. The third kappa shape index (κ3) is 2.89. The second-order valence-electron chi connectivity index (χ2n) is 4.53. The van der Waals surface area contributed by atoms with E-state index in [0.717, 1.165) is 32.3 Å². The molecule has 3 unspecified atom stereocenters. The summed E-state index contributed by atoms with van der Waals surface area (Å²) in [5.74, 6) is 0.399. The molecule has 3 nitrogen and oxygen atoms in total. The zero-order chi connectivity index (χ0) is 10.7. The molecule has 1 fully saturated rings. The quantitative estimate of drug-likeness (QED) is 0.712. The topological polar surface area (TPSA) is 52.3 Å². The van der Waals surface area contributed by atoms with E-state index in [1.165, 1.54) is 0 Å². The first kappa shape index (κ1) is 10.8. The molecule has 2 N–H and O–H groups in total. The second-order valence-corrected chi connectivity index (χ2v) is 4.53. The van der Waals surface area contributed by atoms with Crippen LogP contribution in [0.15, 0.2) is 12.2 Å². The van der Waals surface area contributed by atoms with Crippen molar-refractivity contribution in [1.29, 1.82) is 0 Å². The van der Waals surface area contributed by atoms with Gasteiger partial charge in [-0.15, -0.1) is 0 Å². The Morgan fingerprint density at radius 2 is 2.33 bits per heavy atom. The average molecular weight is 209 g/mol. The first-order valence-electron chi connectivity index (χ1n) is 5.84. The van der Waals surface area contributed by atoms with Crippen LogP contribution in [-0.4, -0.2) is 24.5 Å². The summed E-state index contributed by atoms with van der Waals surface area (Å²) in [4.78, 5) is 11.8. The number of rotatable bonds is 4. The predicted molar refractivity (Wildman–Crippen MR) is 58.4 cm³/mol. The van der Waals surface area contributed by atoms with E-state index in [1.54, 1.807) is 0 Å². The number of hydrogen-bond acceptors (Lipinski definition) is 3. The Bertz CT molecular complexity index is 256. The minimum absolute atomic E-state index is 0.0707. The first-order valence-corrected chi connectivity index (χ1v) is 5.84. The molecule has 0 saturated carbocycles. The fraction of sp³-hybridized carbons (Fsp3) is 0.750. The standard InChI is InChI=1S/C12H19NO2/c13-10-4-3-9(8-10)12(14)6-5-11-2-1-7-15-11/h3-4,9-11H,1-2,5-8,13H2. The van der Waals surface area contributed by atoms with Crippen LogP contribution in [0, 0.1) is 5.92 Å². The van der Waals surface area contributed by atoms with Crippen molar-refractivity contribution in [2.75, 3.05) is 6.61 Å². The molecule has 0 radical (unpaired) electrons. The fourth-order valence-corrected chi connectivity index (χ4v) is 2.33. The minimum atomic E-state index is 0.0707. The zero-order valence-electron chi connectivity index (χ0n) is 9.02. The monoisotopic (exact) mass is 209 g/mol. The van der Waals surface area contributed by atoms with Crippen molar-refractivity contribution in [3.63, 3.8) is 0 Å². The summed E-state index contributed by atoms with van der Waals surface area (Å²) in [6.45, 7) is 0.868. The SMILES string of the molecule is NC1C=CC(C(=O)CCC2CCCO2)C1. The molecule has 0 aromatic rings. The molecule has 0 amide bonds. The van der Waals surface area contributed by atoms with Crippen molar-refractivity contribution in [2.45, 2.75) is 44.2 Å². The molecule has 0 aromatic heterocycles. The molecular formula is C12H19NO2. The van der Waals surface area contributed by atoms with Gasteiger partial charge in [0.1, 0.15) is 5.78 Å². The molecular weight excluding hydrogens is 190 g/mol. The molecule has 0 bridgehead atoms. The van der Waals surface area contributed by atoms with Gasteiger partial charge < -0.3 is 10.5 Å². The predicted octanol–water partition coefficient (Wildman–Crippen LogP) is 1.42. The van der Waals surface area contributed by atoms with Crippen LogP contribution < -0.4 is 5.73 Å². The maximum absolute atomic E-state index is 11.8. The van der Waals surface area contributed by atoms with Crippen LogP contribution >= 0.6 is 0 Å². The number of allylic oxidation sites excluding steroid dienone is 1. The van der Waals surface area contributed by atoms with Gasteiger partial charge in [0, 0.05) is 25.0 Å².